The zero-order valence-electron chi connectivity index (χ0n) is 23.7. The summed E-state index contributed by atoms with van der Waals surface area (Å²) >= 11 is 0. The summed E-state index contributed by atoms with van der Waals surface area (Å²) < 4.78 is 0. The van der Waals surface area contributed by atoms with Crippen LogP contribution in [0.5, 0.6) is 0 Å². The minimum Gasteiger partial charge on any atom is -0.481 e. The van der Waals surface area contributed by atoms with Crippen molar-refractivity contribution in [2.24, 2.45) is 5.92 Å². The molecule has 2 nitrogen and oxygen atoms in total. The van der Waals surface area contributed by atoms with E-state index in [0.29, 0.717) is 0 Å². The number of aliphatic carboxylic acids is 1. The minimum absolute atomic E-state index is 0.0956. The predicted octanol–water partition coefficient (Wildman–Crippen LogP) is 11.6. The van der Waals surface area contributed by atoms with Crippen LogP contribution in [0.1, 0.15) is 194 Å². The first kappa shape index (κ1) is 33.5. The Morgan fingerprint density at radius 2 is 0.618 bits per heavy atom. The van der Waals surface area contributed by atoms with Crippen LogP contribution in [0.3, 0.4) is 0 Å². The van der Waals surface area contributed by atoms with E-state index in [1.54, 1.807) is 0 Å². The molecule has 1 unspecified atom stereocenters. The van der Waals surface area contributed by atoms with Crippen molar-refractivity contribution in [2.45, 2.75) is 194 Å². The van der Waals surface area contributed by atoms with Crippen LogP contribution in [0.15, 0.2) is 0 Å². The average molecular weight is 481 g/mol. The molecule has 1 N–H and O–H groups in total. The fourth-order valence-corrected chi connectivity index (χ4v) is 5.21. The van der Waals surface area contributed by atoms with Crippen molar-refractivity contribution in [1.29, 1.82) is 0 Å². The molecule has 0 aromatic rings. The largest absolute Gasteiger partial charge is 0.481 e. The van der Waals surface area contributed by atoms with Crippen LogP contribution in [0, 0.1) is 5.92 Å². The quantitative estimate of drug-likeness (QED) is 0.108. The molecule has 0 saturated carbocycles. The van der Waals surface area contributed by atoms with Gasteiger partial charge < -0.3 is 5.11 Å². The van der Waals surface area contributed by atoms with Gasteiger partial charge in [-0.2, -0.15) is 0 Å². The maximum atomic E-state index is 11.5. The Bertz CT molecular complexity index is 392. The summed E-state index contributed by atoms with van der Waals surface area (Å²) in [5.41, 5.74) is 0. The van der Waals surface area contributed by atoms with E-state index in [1.165, 1.54) is 154 Å². The van der Waals surface area contributed by atoms with Gasteiger partial charge >= 0.3 is 5.97 Å². The van der Waals surface area contributed by atoms with E-state index in [0.717, 1.165) is 25.7 Å². The SMILES string of the molecule is CCCCCCCCCCCCCCCCCCCCCCC(CCCCCCCC)C(=O)O. The molecular formula is C32H64O2. The molecule has 0 bridgehead atoms. The molecule has 204 valence electrons. The maximum Gasteiger partial charge on any atom is 0.306 e. The van der Waals surface area contributed by atoms with Crippen molar-refractivity contribution >= 4 is 5.97 Å². The van der Waals surface area contributed by atoms with E-state index in [2.05, 4.69) is 13.8 Å². The number of hydrogen-bond donors (Lipinski definition) is 1. The lowest BCUT2D eigenvalue weighted by Gasteiger charge is -2.12. The van der Waals surface area contributed by atoms with Gasteiger partial charge in [-0.05, 0) is 12.8 Å². The summed E-state index contributed by atoms with van der Waals surface area (Å²) in [6.45, 7) is 4.53. The van der Waals surface area contributed by atoms with Crippen LogP contribution >= 0.6 is 0 Å². The van der Waals surface area contributed by atoms with E-state index in [4.69, 9.17) is 0 Å². The lowest BCUT2D eigenvalue weighted by molar-refractivity contribution is -0.142. The number of carbonyl (C=O) groups is 1. The van der Waals surface area contributed by atoms with Gasteiger partial charge in [0.05, 0.1) is 5.92 Å². The Kier molecular flexibility index (Phi) is 28.3. The summed E-state index contributed by atoms with van der Waals surface area (Å²) in [6.07, 6.45) is 37.2. The Morgan fingerprint density at radius 1 is 0.412 bits per heavy atom. The minimum atomic E-state index is -0.564. The lowest BCUT2D eigenvalue weighted by Crippen LogP contribution is -2.13. The zero-order chi connectivity index (χ0) is 25.0. The molecule has 0 heterocycles. The van der Waals surface area contributed by atoms with E-state index in [-0.39, 0.29) is 5.92 Å². The van der Waals surface area contributed by atoms with Crippen molar-refractivity contribution in [1.82, 2.24) is 0 Å². The zero-order valence-corrected chi connectivity index (χ0v) is 23.7. The van der Waals surface area contributed by atoms with Gasteiger partial charge in [0.15, 0.2) is 0 Å². The predicted molar refractivity (Wildman–Crippen MR) is 152 cm³/mol. The van der Waals surface area contributed by atoms with E-state index in [1.807, 2.05) is 0 Å². The van der Waals surface area contributed by atoms with Crippen LogP contribution < -0.4 is 0 Å². The first-order valence-corrected chi connectivity index (χ1v) is 15.9. The monoisotopic (exact) mass is 480 g/mol. The summed E-state index contributed by atoms with van der Waals surface area (Å²) in [5, 5.41) is 9.47. The molecule has 0 aliphatic carbocycles. The number of hydrogen-bond acceptors (Lipinski definition) is 1. The number of carboxylic acids is 1. The van der Waals surface area contributed by atoms with E-state index < -0.39 is 5.97 Å². The smallest absolute Gasteiger partial charge is 0.306 e. The van der Waals surface area contributed by atoms with E-state index in [9.17, 15) is 9.90 Å². The third-order valence-corrected chi connectivity index (χ3v) is 7.66. The number of carboxylic acid groups (broad SMARTS) is 1. The molecule has 0 rings (SSSR count). The van der Waals surface area contributed by atoms with Crippen molar-refractivity contribution < 1.29 is 9.90 Å². The average Bonchev–Trinajstić information content (AvgIpc) is 2.83. The van der Waals surface area contributed by atoms with Gasteiger partial charge in [-0.15, -0.1) is 0 Å². The molecule has 2 heteroatoms. The van der Waals surface area contributed by atoms with Crippen LogP contribution in [0.4, 0.5) is 0 Å². The maximum absolute atomic E-state index is 11.5. The standard InChI is InChI=1S/C32H64O2/c1-3-5-7-9-11-12-13-14-15-16-17-18-19-20-21-22-23-24-26-28-30-31(32(33)34)29-27-25-10-8-6-4-2/h31H,3-30H2,1-2H3,(H,33,34). The highest BCUT2D eigenvalue weighted by Gasteiger charge is 2.16. The first-order valence-electron chi connectivity index (χ1n) is 15.9. The van der Waals surface area contributed by atoms with Crippen LogP contribution in [0.25, 0.3) is 0 Å². The second kappa shape index (κ2) is 28.7. The molecule has 0 aromatic carbocycles. The van der Waals surface area contributed by atoms with Crippen molar-refractivity contribution in [3.05, 3.63) is 0 Å². The molecule has 0 fully saturated rings. The Morgan fingerprint density at radius 3 is 0.824 bits per heavy atom. The summed E-state index contributed by atoms with van der Waals surface area (Å²) in [5.74, 6) is -0.659. The molecule has 0 aliphatic heterocycles. The fourth-order valence-electron chi connectivity index (χ4n) is 5.21. The number of unbranched alkanes of at least 4 members (excludes halogenated alkanes) is 24. The van der Waals surface area contributed by atoms with Gasteiger partial charge in [-0.1, -0.05) is 181 Å². The third-order valence-electron chi connectivity index (χ3n) is 7.66. The highest BCUT2D eigenvalue weighted by Crippen LogP contribution is 2.20. The lowest BCUT2D eigenvalue weighted by atomic mass is 9.94. The van der Waals surface area contributed by atoms with Crippen molar-refractivity contribution in [3.63, 3.8) is 0 Å². The molecule has 0 radical (unpaired) electrons. The molecule has 34 heavy (non-hydrogen) atoms. The fraction of sp³-hybridized carbons (Fsp3) is 0.969. The van der Waals surface area contributed by atoms with Gasteiger partial charge in [-0.3, -0.25) is 4.79 Å². The van der Waals surface area contributed by atoms with Gasteiger partial charge in [0.25, 0.3) is 0 Å². The molecule has 1 atom stereocenters. The molecule has 0 aromatic heterocycles. The topological polar surface area (TPSA) is 37.3 Å². The third kappa shape index (κ3) is 26.1. The second-order valence-corrected chi connectivity index (χ2v) is 11.1. The normalized spacial score (nSPS) is 12.3. The number of rotatable bonds is 29. The van der Waals surface area contributed by atoms with Crippen molar-refractivity contribution in [2.75, 3.05) is 0 Å². The molecular weight excluding hydrogens is 416 g/mol. The Labute approximate surface area is 215 Å². The van der Waals surface area contributed by atoms with Crippen LogP contribution in [-0.4, -0.2) is 11.1 Å². The Hall–Kier alpha value is -0.530. The van der Waals surface area contributed by atoms with Gasteiger partial charge in [0.2, 0.25) is 0 Å². The molecule has 0 aliphatic rings. The van der Waals surface area contributed by atoms with Gasteiger partial charge in [0.1, 0.15) is 0 Å². The molecule has 0 amide bonds. The summed E-state index contributed by atoms with van der Waals surface area (Å²) in [4.78, 5) is 11.5. The highest BCUT2D eigenvalue weighted by atomic mass is 16.4. The van der Waals surface area contributed by atoms with Gasteiger partial charge in [0, 0.05) is 0 Å². The van der Waals surface area contributed by atoms with E-state index >= 15 is 0 Å². The first-order chi connectivity index (χ1) is 16.7. The van der Waals surface area contributed by atoms with Gasteiger partial charge in [-0.25, -0.2) is 0 Å². The summed E-state index contributed by atoms with van der Waals surface area (Å²) in [7, 11) is 0. The van der Waals surface area contributed by atoms with Crippen LogP contribution in [0.2, 0.25) is 0 Å². The second-order valence-electron chi connectivity index (χ2n) is 11.1. The highest BCUT2D eigenvalue weighted by molar-refractivity contribution is 5.69. The van der Waals surface area contributed by atoms with Crippen LogP contribution in [-0.2, 0) is 4.79 Å². The molecule has 0 saturated heterocycles. The Balaban J connectivity index is 3.29. The molecule has 0 spiro atoms. The summed E-state index contributed by atoms with van der Waals surface area (Å²) in [6, 6.07) is 0. The van der Waals surface area contributed by atoms with Crippen molar-refractivity contribution in [3.8, 4) is 0 Å².